The van der Waals surface area contributed by atoms with E-state index in [1.807, 2.05) is 24.3 Å². The lowest BCUT2D eigenvalue weighted by Crippen LogP contribution is -2.14. The molecule has 19 heavy (non-hydrogen) atoms. The van der Waals surface area contributed by atoms with Gasteiger partial charge in [0.25, 0.3) is 0 Å². The number of aliphatic hydroxyl groups excluding tert-OH is 1. The fraction of sp³-hybridized carbons (Fsp3) is 0.467. The molecule has 0 aliphatic heterocycles. The molecule has 4 rings (SSSR count). The summed E-state index contributed by atoms with van der Waals surface area (Å²) in [6.07, 6.45) is 5.21. The molecule has 1 aromatic heterocycles. The first-order valence-corrected chi connectivity index (χ1v) is 6.84. The minimum absolute atomic E-state index is 0.0579. The summed E-state index contributed by atoms with van der Waals surface area (Å²) < 4.78 is 5.42. The standard InChI is InChI=1S/C15H16N2O2/c18-9-10-2-4-11(5-3-10)13-16-14(19-17-13)12-8-15(12)6-1-7-15/h2-5,12,18H,1,6-9H2. The summed E-state index contributed by atoms with van der Waals surface area (Å²) in [5.41, 5.74) is 2.35. The van der Waals surface area contributed by atoms with Gasteiger partial charge in [-0.15, -0.1) is 0 Å². The van der Waals surface area contributed by atoms with Gasteiger partial charge in [0.1, 0.15) is 0 Å². The Bertz CT molecular complexity index is 599. The largest absolute Gasteiger partial charge is 0.392 e. The lowest BCUT2D eigenvalue weighted by atomic mass is 9.80. The number of rotatable bonds is 3. The molecular formula is C15H16N2O2. The normalized spacial score (nSPS) is 23.3. The van der Waals surface area contributed by atoms with E-state index in [0.717, 1.165) is 17.0 Å². The van der Waals surface area contributed by atoms with Gasteiger partial charge in [-0.3, -0.25) is 0 Å². The van der Waals surface area contributed by atoms with Crippen molar-refractivity contribution in [1.82, 2.24) is 10.1 Å². The lowest BCUT2D eigenvalue weighted by molar-refractivity contribution is 0.259. The summed E-state index contributed by atoms with van der Waals surface area (Å²) in [5.74, 6) is 1.96. The van der Waals surface area contributed by atoms with Crippen LogP contribution in [0.3, 0.4) is 0 Å². The Morgan fingerprint density at radius 2 is 2.05 bits per heavy atom. The van der Waals surface area contributed by atoms with E-state index in [1.165, 1.54) is 25.7 Å². The molecular weight excluding hydrogens is 240 g/mol. The van der Waals surface area contributed by atoms with Crippen molar-refractivity contribution in [2.24, 2.45) is 5.41 Å². The maximum atomic E-state index is 9.03. The van der Waals surface area contributed by atoms with Gasteiger partial charge in [-0.2, -0.15) is 4.98 Å². The second kappa shape index (κ2) is 3.90. The first-order valence-electron chi connectivity index (χ1n) is 6.84. The van der Waals surface area contributed by atoms with Gasteiger partial charge in [0, 0.05) is 11.5 Å². The molecule has 2 aromatic rings. The van der Waals surface area contributed by atoms with Crippen LogP contribution in [0.2, 0.25) is 0 Å². The minimum atomic E-state index is 0.0579. The zero-order chi connectivity index (χ0) is 12.9. The molecule has 2 aliphatic carbocycles. The molecule has 1 N–H and O–H groups in total. The number of aliphatic hydroxyl groups is 1. The highest BCUT2D eigenvalue weighted by molar-refractivity contribution is 5.54. The first kappa shape index (κ1) is 11.2. The van der Waals surface area contributed by atoms with Crippen molar-refractivity contribution in [1.29, 1.82) is 0 Å². The Morgan fingerprint density at radius 1 is 1.26 bits per heavy atom. The molecule has 2 aliphatic rings. The summed E-state index contributed by atoms with van der Waals surface area (Å²) in [6, 6.07) is 7.62. The molecule has 4 heteroatoms. The van der Waals surface area contributed by atoms with Gasteiger partial charge in [0.05, 0.1) is 6.61 Å². The van der Waals surface area contributed by atoms with Crippen LogP contribution in [-0.2, 0) is 6.61 Å². The Kier molecular flexibility index (Phi) is 2.30. The maximum absolute atomic E-state index is 9.03. The Morgan fingerprint density at radius 3 is 2.63 bits per heavy atom. The zero-order valence-electron chi connectivity index (χ0n) is 10.7. The fourth-order valence-corrected chi connectivity index (χ4v) is 3.13. The van der Waals surface area contributed by atoms with E-state index >= 15 is 0 Å². The van der Waals surface area contributed by atoms with E-state index in [4.69, 9.17) is 9.63 Å². The minimum Gasteiger partial charge on any atom is -0.392 e. The number of benzene rings is 1. The van der Waals surface area contributed by atoms with Crippen molar-refractivity contribution in [3.8, 4) is 11.4 Å². The van der Waals surface area contributed by atoms with Gasteiger partial charge in [-0.25, -0.2) is 0 Å². The van der Waals surface area contributed by atoms with Crippen LogP contribution < -0.4 is 0 Å². The van der Waals surface area contributed by atoms with Crippen molar-refractivity contribution in [3.63, 3.8) is 0 Å². The molecule has 2 fully saturated rings. The molecule has 1 aromatic carbocycles. The molecule has 0 bridgehead atoms. The average molecular weight is 256 g/mol. The number of nitrogens with zero attached hydrogens (tertiary/aromatic N) is 2. The van der Waals surface area contributed by atoms with Crippen LogP contribution in [0.15, 0.2) is 28.8 Å². The van der Waals surface area contributed by atoms with Crippen LogP contribution in [0.25, 0.3) is 11.4 Å². The van der Waals surface area contributed by atoms with E-state index < -0.39 is 0 Å². The van der Waals surface area contributed by atoms with Gasteiger partial charge in [0.15, 0.2) is 0 Å². The van der Waals surface area contributed by atoms with Crippen molar-refractivity contribution < 1.29 is 9.63 Å². The highest BCUT2D eigenvalue weighted by atomic mass is 16.5. The lowest BCUT2D eigenvalue weighted by Gasteiger charge is -2.25. The molecule has 1 heterocycles. The summed E-state index contributed by atoms with van der Waals surface area (Å²) in [5, 5.41) is 13.1. The van der Waals surface area contributed by atoms with Gasteiger partial charge >= 0.3 is 0 Å². The maximum Gasteiger partial charge on any atom is 0.230 e. The smallest absolute Gasteiger partial charge is 0.230 e. The van der Waals surface area contributed by atoms with E-state index in [0.29, 0.717) is 17.2 Å². The summed E-state index contributed by atoms with van der Waals surface area (Å²) in [4.78, 5) is 4.54. The molecule has 1 atom stereocenters. The van der Waals surface area contributed by atoms with Crippen LogP contribution in [0, 0.1) is 5.41 Å². The molecule has 1 unspecified atom stereocenters. The number of hydrogen-bond donors (Lipinski definition) is 1. The monoisotopic (exact) mass is 256 g/mol. The molecule has 0 saturated heterocycles. The summed E-state index contributed by atoms with van der Waals surface area (Å²) >= 11 is 0. The fourth-order valence-electron chi connectivity index (χ4n) is 3.13. The molecule has 4 nitrogen and oxygen atoms in total. The van der Waals surface area contributed by atoms with Crippen molar-refractivity contribution in [3.05, 3.63) is 35.7 Å². The zero-order valence-corrected chi connectivity index (χ0v) is 10.7. The second-order valence-electron chi connectivity index (χ2n) is 5.78. The third-order valence-electron chi connectivity index (χ3n) is 4.67. The molecule has 98 valence electrons. The van der Waals surface area contributed by atoms with E-state index in [2.05, 4.69) is 10.1 Å². The van der Waals surface area contributed by atoms with Gasteiger partial charge in [-0.05, 0) is 30.2 Å². The van der Waals surface area contributed by atoms with Crippen molar-refractivity contribution >= 4 is 0 Å². The number of aromatic nitrogens is 2. The second-order valence-corrected chi connectivity index (χ2v) is 5.78. The van der Waals surface area contributed by atoms with Crippen LogP contribution >= 0.6 is 0 Å². The number of hydrogen-bond acceptors (Lipinski definition) is 4. The Labute approximate surface area is 111 Å². The first-order chi connectivity index (χ1) is 9.31. The quantitative estimate of drug-likeness (QED) is 0.917. The highest BCUT2D eigenvalue weighted by Gasteiger charge is 2.60. The molecule has 0 amide bonds. The van der Waals surface area contributed by atoms with Crippen LogP contribution in [-0.4, -0.2) is 15.2 Å². The van der Waals surface area contributed by atoms with E-state index in [1.54, 1.807) is 0 Å². The summed E-state index contributed by atoms with van der Waals surface area (Å²) in [7, 11) is 0. The van der Waals surface area contributed by atoms with Gasteiger partial charge in [-0.1, -0.05) is 35.8 Å². The van der Waals surface area contributed by atoms with Gasteiger partial charge < -0.3 is 9.63 Å². The van der Waals surface area contributed by atoms with Crippen LogP contribution in [0.1, 0.15) is 43.1 Å². The SMILES string of the molecule is OCc1ccc(-c2noc(C3CC34CCC4)n2)cc1. The van der Waals surface area contributed by atoms with Crippen molar-refractivity contribution in [2.75, 3.05) is 0 Å². The predicted molar refractivity (Wildman–Crippen MR) is 69.3 cm³/mol. The Balaban J connectivity index is 1.57. The van der Waals surface area contributed by atoms with E-state index in [9.17, 15) is 0 Å². The average Bonchev–Trinajstić information content (AvgIpc) is 3.02. The predicted octanol–water partition coefficient (Wildman–Crippen LogP) is 2.89. The Hall–Kier alpha value is -1.68. The van der Waals surface area contributed by atoms with Crippen molar-refractivity contribution in [2.45, 2.75) is 38.2 Å². The topological polar surface area (TPSA) is 59.2 Å². The highest BCUT2D eigenvalue weighted by Crippen LogP contribution is 2.69. The molecule has 0 radical (unpaired) electrons. The van der Waals surface area contributed by atoms with Crippen LogP contribution in [0.5, 0.6) is 0 Å². The third kappa shape index (κ3) is 1.70. The molecule has 1 spiro atoms. The van der Waals surface area contributed by atoms with E-state index in [-0.39, 0.29) is 6.61 Å². The van der Waals surface area contributed by atoms with Crippen LogP contribution in [0.4, 0.5) is 0 Å². The summed E-state index contributed by atoms with van der Waals surface area (Å²) in [6.45, 7) is 0.0579. The molecule has 2 saturated carbocycles. The van der Waals surface area contributed by atoms with Gasteiger partial charge in [0.2, 0.25) is 11.7 Å². The third-order valence-corrected chi connectivity index (χ3v) is 4.67.